The highest BCUT2D eigenvalue weighted by Gasteiger charge is 2.46. The molecule has 7 nitrogen and oxygen atoms in total. The number of nitrogens with zero attached hydrogens (tertiary/aromatic N) is 3. The lowest BCUT2D eigenvalue weighted by atomic mass is 9.96. The number of likely N-dealkylation sites (N-methyl/N-ethyl adjacent to an activating group) is 1. The van der Waals surface area contributed by atoms with Crippen LogP contribution in [0.15, 0.2) is 54.4 Å². The molecule has 1 amide bonds. The van der Waals surface area contributed by atoms with Crippen LogP contribution >= 0.6 is 0 Å². The zero-order chi connectivity index (χ0) is 22.4. The van der Waals surface area contributed by atoms with Crippen molar-refractivity contribution < 1.29 is 19.4 Å². The van der Waals surface area contributed by atoms with Crippen LogP contribution in [-0.2, 0) is 9.59 Å². The molecule has 1 atom stereocenters. The number of aromatic nitrogens is 1. The number of amides is 1. The molecule has 2 aromatic rings. The third-order valence-electron chi connectivity index (χ3n) is 5.20. The van der Waals surface area contributed by atoms with Gasteiger partial charge in [-0.05, 0) is 44.3 Å². The lowest BCUT2D eigenvalue weighted by Gasteiger charge is -2.26. The van der Waals surface area contributed by atoms with Crippen molar-refractivity contribution in [1.82, 2.24) is 14.8 Å². The smallest absolute Gasteiger partial charge is 0.295 e. The van der Waals surface area contributed by atoms with Gasteiger partial charge in [-0.2, -0.15) is 0 Å². The maximum Gasteiger partial charge on any atom is 0.295 e. The first-order chi connectivity index (χ1) is 14.9. The largest absolute Gasteiger partial charge is 0.507 e. The van der Waals surface area contributed by atoms with Gasteiger partial charge in [0, 0.05) is 31.0 Å². The molecular weight excluding hydrogens is 394 g/mol. The Morgan fingerprint density at radius 1 is 1.23 bits per heavy atom. The number of pyridine rings is 1. The lowest BCUT2D eigenvalue weighted by Crippen LogP contribution is -2.35. The van der Waals surface area contributed by atoms with E-state index >= 15 is 0 Å². The maximum absolute atomic E-state index is 13.0. The second-order valence-electron chi connectivity index (χ2n) is 7.81. The summed E-state index contributed by atoms with van der Waals surface area (Å²) in [5.74, 6) is -0.909. The molecular formula is C24H29N3O4. The third-order valence-corrected chi connectivity index (χ3v) is 5.20. The fraction of sp³-hybridized carbons (Fsp3) is 0.375. The number of carbonyl (C=O) groups excluding carboxylic acids is 2. The van der Waals surface area contributed by atoms with Crippen LogP contribution in [0.4, 0.5) is 0 Å². The van der Waals surface area contributed by atoms with Crippen molar-refractivity contribution in [2.45, 2.75) is 25.8 Å². The van der Waals surface area contributed by atoms with Gasteiger partial charge in [0.25, 0.3) is 11.7 Å². The van der Waals surface area contributed by atoms with Crippen LogP contribution in [0.2, 0.25) is 0 Å². The van der Waals surface area contributed by atoms with Crippen molar-refractivity contribution in [2.75, 3.05) is 33.8 Å². The van der Waals surface area contributed by atoms with Crippen LogP contribution in [0.1, 0.15) is 36.9 Å². The van der Waals surface area contributed by atoms with Gasteiger partial charge < -0.3 is 19.6 Å². The Kier molecular flexibility index (Phi) is 7.41. The SMILES string of the molecule is CCCCOc1cccc(/C(O)=C2\C(=O)C(=O)N(CCN(C)C)C2c2cccnc2)c1. The molecule has 0 bridgehead atoms. The quantitative estimate of drug-likeness (QED) is 0.289. The highest BCUT2D eigenvalue weighted by Crippen LogP contribution is 2.39. The lowest BCUT2D eigenvalue weighted by molar-refractivity contribution is -0.140. The molecule has 7 heteroatoms. The second-order valence-corrected chi connectivity index (χ2v) is 7.81. The number of hydrogen-bond acceptors (Lipinski definition) is 6. The predicted molar refractivity (Wildman–Crippen MR) is 119 cm³/mol. The topological polar surface area (TPSA) is 83.0 Å². The van der Waals surface area contributed by atoms with Crippen molar-refractivity contribution in [3.05, 3.63) is 65.5 Å². The molecule has 0 saturated carbocycles. The minimum atomic E-state index is -0.696. The third kappa shape index (κ3) is 5.11. The number of likely N-dealkylation sites (tertiary alicyclic amines) is 1. The van der Waals surface area contributed by atoms with Gasteiger partial charge in [-0.15, -0.1) is 0 Å². The Bertz CT molecular complexity index is 956. The van der Waals surface area contributed by atoms with Crippen LogP contribution in [0.3, 0.4) is 0 Å². The molecule has 0 spiro atoms. The summed E-state index contributed by atoms with van der Waals surface area (Å²) in [5.41, 5.74) is 1.19. The van der Waals surface area contributed by atoms with Crippen molar-refractivity contribution in [3.8, 4) is 5.75 Å². The van der Waals surface area contributed by atoms with Gasteiger partial charge in [0.15, 0.2) is 0 Å². The number of ketones is 1. The van der Waals surface area contributed by atoms with Gasteiger partial charge in [0.05, 0.1) is 18.2 Å². The molecule has 2 heterocycles. The molecule has 1 N–H and O–H groups in total. The first kappa shape index (κ1) is 22.5. The summed E-state index contributed by atoms with van der Waals surface area (Å²) < 4.78 is 5.73. The second kappa shape index (κ2) is 10.2. The van der Waals surface area contributed by atoms with E-state index in [9.17, 15) is 14.7 Å². The molecule has 1 fully saturated rings. The summed E-state index contributed by atoms with van der Waals surface area (Å²) in [6.07, 6.45) is 5.19. The Labute approximate surface area is 183 Å². The van der Waals surface area contributed by atoms with E-state index < -0.39 is 17.7 Å². The summed E-state index contributed by atoms with van der Waals surface area (Å²) in [6, 6.07) is 9.83. The number of aliphatic hydroxyl groups excluding tert-OH is 1. The number of aliphatic hydroxyl groups is 1. The maximum atomic E-state index is 13.0. The van der Waals surface area contributed by atoms with Crippen molar-refractivity contribution >= 4 is 17.4 Å². The van der Waals surface area contributed by atoms with Gasteiger partial charge in [-0.1, -0.05) is 31.5 Å². The number of ether oxygens (including phenoxy) is 1. The van der Waals surface area contributed by atoms with E-state index in [1.807, 2.05) is 25.1 Å². The highest BCUT2D eigenvalue weighted by molar-refractivity contribution is 6.46. The number of rotatable bonds is 9. The summed E-state index contributed by atoms with van der Waals surface area (Å²) in [7, 11) is 3.80. The van der Waals surface area contributed by atoms with Gasteiger partial charge in [-0.25, -0.2) is 0 Å². The number of Topliss-reactive ketones (excluding diaryl/α,β-unsaturated/α-hetero) is 1. The number of unbranched alkanes of at least 4 members (excludes halogenated alkanes) is 1. The van der Waals surface area contributed by atoms with Crippen LogP contribution in [0, 0.1) is 0 Å². The van der Waals surface area contributed by atoms with Crippen molar-refractivity contribution in [1.29, 1.82) is 0 Å². The predicted octanol–water partition coefficient (Wildman–Crippen LogP) is 3.24. The van der Waals surface area contributed by atoms with Gasteiger partial charge in [0.2, 0.25) is 0 Å². The van der Waals surface area contributed by atoms with Crippen molar-refractivity contribution in [2.24, 2.45) is 0 Å². The normalized spacial score (nSPS) is 18.1. The average Bonchev–Trinajstić information content (AvgIpc) is 3.03. The summed E-state index contributed by atoms with van der Waals surface area (Å²) >= 11 is 0. The monoisotopic (exact) mass is 423 g/mol. The molecule has 1 aliphatic heterocycles. The summed E-state index contributed by atoms with van der Waals surface area (Å²) in [6.45, 7) is 3.60. The highest BCUT2D eigenvalue weighted by atomic mass is 16.5. The zero-order valence-electron chi connectivity index (χ0n) is 18.2. The summed E-state index contributed by atoms with van der Waals surface area (Å²) in [5, 5.41) is 11.1. The molecule has 3 rings (SSSR count). The van der Waals surface area contributed by atoms with Gasteiger partial charge in [-0.3, -0.25) is 14.6 Å². The van der Waals surface area contributed by atoms with Gasteiger partial charge in [0.1, 0.15) is 11.5 Å². The fourth-order valence-electron chi connectivity index (χ4n) is 3.53. The molecule has 0 aliphatic carbocycles. The van der Waals surface area contributed by atoms with Crippen LogP contribution in [-0.4, -0.2) is 65.4 Å². The van der Waals surface area contributed by atoms with Crippen LogP contribution in [0.5, 0.6) is 5.75 Å². The average molecular weight is 424 g/mol. The van der Waals surface area contributed by atoms with E-state index in [4.69, 9.17) is 4.74 Å². The Balaban J connectivity index is 2.03. The molecule has 31 heavy (non-hydrogen) atoms. The molecule has 164 valence electrons. The Hall–Kier alpha value is -3.19. The summed E-state index contributed by atoms with van der Waals surface area (Å²) in [4.78, 5) is 33.4. The number of carbonyl (C=O) groups is 2. The first-order valence-electron chi connectivity index (χ1n) is 10.5. The van der Waals surface area contributed by atoms with E-state index in [1.54, 1.807) is 42.7 Å². The zero-order valence-corrected chi connectivity index (χ0v) is 18.2. The molecule has 0 radical (unpaired) electrons. The standard InChI is InChI=1S/C24H29N3O4/c1-4-5-14-31-19-10-6-8-17(15-19)22(28)20-21(18-9-7-11-25-16-18)27(13-12-26(2)3)24(30)23(20)29/h6-11,15-16,21,28H,4-5,12-14H2,1-3H3/b22-20+. The van der Waals surface area contributed by atoms with Crippen molar-refractivity contribution in [3.63, 3.8) is 0 Å². The van der Waals surface area contributed by atoms with E-state index in [0.29, 0.717) is 36.6 Å². The molecule has 1 aromatic carbocycles. The first-order valence-corrected chi connectivity index (χ1v) is 10.5. The molecule has 1 aliphatic rings. The van der Waals surface area contributed by atoms with Crippen LogP contribution < -0.4 is 4.74 Å². The number of benzene rings is 1. The Morgan fingerprint density at radius 2 is 2.03 bits per heavy atom. The van der Waals surface area contributed by atoms with Gasteiger partial charge >= 0.3 is 0 Å². The van der Waals surface area contributed by atoms with E-state index in [1.165, 1.54) is 4.90 Å². The van der Waals surface area contributed by atoms with Crippen LogP contribution in [0.25, 0.3) is 5.76 Å². The number of hydrogen-bond donors (Lipinski definition) is 1. The van der Waals surface area contributed by atoms with E-state index in [-0.39, 0.29) is 11.3 Å². The minimum absolute atomic E-state index is 0.0717. The Morgan fingerprint density at radius 3 is 2.71 bits per heavy atom. The van der Waals surface area contributed by atoms with E-state index in [0.717, 1.165) is 12.8 Å². The fourth-order valence-corrected chi connectivity index (χ4v) is 3.53. The van der Waals surface area contributed by atoms with E-state index in [2.05, 4.69) is 11.9 Å². The minimum Gasteiger partial charge on any atom is -0.507 e. The molecule has 1 aromatic heterocycles. The molecule has 1 unspecified atom stereocenters. The molecule has 1 saturated heterocycles.